The summed E-state index contributed by atoms with van der Waals surface area (Å²) in [6.45, 7) is 5.29. The van der Waals surface area contributed by atoms with Crippen molar-refractivity contribution >= 4 is 27.5 Å². The first-order valence-electron chi connectivity index (χ1n) is 6.46. The number of fused-ring (bicyclic) bond motifs is 1. The Labute approximate surface area is 121 Å². The number of nitrogens with zero attached hydrogens (tertiary/aromatic N) is 2. The van der Waals surface area contributed by atoms with Crippen LogP contribution in [0.5, 0.6) is 5.75 Å². The number of carbonyl (C=O) groups excluding carboxylic acids is 1. The van der Waals surface area contributed by atoms with Crippen LogP contribution >= 0.6 is 11.3 Å². The predicted molar refractivity (Wildman–Crippen MR) is 79.1 cm³/mol. The van der Waals surface area contributed by atoms with Crippen molar-refractivity contribution in [2.45, 2.75) is 20.4 Å². The number of benzene rings is 1. The Morgan fingerprint density at radius 1 is 1.45 bits per heavy atom. The lowest BCUT2D eigenvalue weighted by Gasteiger charge is -2.08. The van der Waals surface area contributed by atoms with Gasteiger partial charge in [-0.1, -0.05) is 17.4 Å². The first kappa shape index (κ1) is 14.7. The van der Waals surface area contributed by atoms with Crippen LogP contribution in [0.15, 0.2) is 23.2 Å². The van der Waals surface area contributed by atoms with Crippen LogP contribution < -0.4 is 9.54 Å². The molecule has 0 spiro atoms. The van der Waals surface area contributed by atoms with E-state index >= 15 is 0 Å². The zero-order chi connectivity index (χ0) is 14.5. The molecule has 0 bridgehead atoms. The zero-order valence-corrected chi connectivity index (χ0v) is 12.7. The van der Waals surface area contributed by atoms with E-state index in [2.05, 4.69) is 4.99 Å². The fraction of sp³-hybridized carbons (Fsp3) is 0.429. The summed E-state index contributed by atoms with van der Waals surface area (Å²) in [5, 5.41) is 0. The van der Waals surface area contributed by atoms with Gasteiger partial charge in [0.15, 0.2) is 4.80 Å². The van der Waals surface area contributed by atoms with E-state index in [9.17, 15) is 4.79 Å². The molecule has 6 heteroatoms. The number of hydrogen-bond donors (Lipinski definition) is 0. The maximum Gasteiger partial charge on any atom is 0.245 e. The van der Waals surface area contributed by atoms with Crippen LogP contribution in [0.25, 0.3) is 10.2 Å². The number of thiazole rings is 1. The molecular formula is C14H18N2O3S. The second-order valence-electron chi connectivity index (χ2n) is 4.17. The number of aromatic nitrogens is 1. The van der Waals surface area contributed by atoms with Crippen LogP contribution in [0.2, 0.25) is 0 Å². The average molecular weight is 294 g/mol. The van der Waals surface area contributed by atoms with E-state index in [1.165, 1.54) is 18.3 Å². The minimum Gasteiger partial charge on any atom is -0.495 e. The predicted octanol–water partition coefficient (Wildman–Crippen LogP) is 2.20. The highest BCUT2D eigenvalue weighted by Gasteiger charge is 2.11. The maximum absolute atomic E-state index is 11.3. The Morgan fingerprint density at radius 3 is 2.90 bits per heavy atom. The Morgan fingerprint density at radius 2 is 2.25 bits per heavy atom. The van der Waals surface area contributed by atoms with Crippen molar-refractivity contribution in [3.05, 3.63) is 23.0 Å². The number of hydrogen-bond acceptors (Lipinski definition) is 4. The van der Waals surface area contributed by atoms with Gasteiger partial charge >= 0.3 is 0 Å². The molecule has 0 saturated heterocycles. The molecule has 0 fully saturated rings. The molecule has 1 aromatic carbocycles. The minimum absolute atomic E-state index is 0.208. The fourth-order valence-corrected chi connectivity index (χ4v) is 3.11. The Kier molecular flexibility index (Phi) is 4.92. The molecule has 108 valence electrons. The summed E-state index contributed by atoms with van der Waals surface area (Å²) >= 11 is 1.48. The second-order valence-corrected chi connectivity index (χ2v) is 5.18. The van der Waals surface area contributed by atoms with Crippen LogP contribution in [-0.4, -0.2) is 30.8 Å². The van der Waals surface area contributed by atoms with Gasteiger partial charge in [0.2, 0.25) is 5.91 Å². The molecule has 0 aliphatic carbocycles. The number of rotatable bonds is 5. The van der Waals surface area contributed by atoms with E-state index in [-0.39, 0.29) is 5.91 Å². The normalized spacial score (nSPS) is 12.1. The molecule has 2 rings (SSSR count). The molecule has 0 aliphatic rings. The zero-order valence-electron chi connectivity index (χ0n) is 11.9. The van der Waals surface area contributed by atoms with Crippen molar-refractivity contribution < 1.29 is 14.3 Å². The highest BCUT2D eigenvalue weighted by Crippen LogP contribution is 2.27. The second kappa shape index (κ2) is 6.67. The standard InChI is InChI=1S/C14H18N2O3S/c1-4-19-9-8-16-13-11(18-3)6-5-7-12(13)20-14(16)15-10(2)17/h5-7H,4,8-9H2,1-3H3. The van der Waals surface area contributed by atoms with Gasteiger partial charge in [-0.25, -0.2) is 0 Å². The number of amides is 1. The third-order valence-electron chi connectivity index (χ3n) is 2.80. The monoisotopic (exact) mass is 294 g/mol. The van der Waals surface area contributed by atoms with Gasteiger partial charge in [-0.3, -0.25) is 4.79 Å². The van der Waals surface area contributed by atoms with Crippen molar-refractivity contribution in [2.24, 2.45) is 4.99 Å². The van der Waals surface area contributed by atoms with Crippen LogP contribution in [0.4, 0.5) is 0 Å². The van der Waals surface area contributed by atoms with Gasteiger partial charge in [-0.2, -0.15) is 4.99 Å². The van der Waals surface area contributed by atoms with E-state index < -0.39 is 0 Å². The van der Waals surface area contributed by atoms with Gasteiger partial charge in [-0.05, 0) is 19.1 Å². The van der Waals surface area contributed by atoms with Gasteiger partial charge in [0.1, 0.15) is 11.3 Å². The molecule has 0 unspecified atom stereocenters. The van der Waals surface area contributed by atoms with Crippen molar-refractivity contribution in [2.75, 3.05) is 20.3 Å². The van der Waals surface area contributed by atoms with Crippen LogP contribution in [0.1, 0.15) is 13.8 Å². The van der Waals surface area contributed by atoms with Crippen LogP contribution in [-0.2, 0) is 16.1 Å². The molecule has 0 atom stereocenters. The van der Waals surface area contributed by atoms with E-state index in [4.69, 9.17) is 9.47 Å². The minimum atomic E-state index is -0.208. The van der Waals surface area contributed by atoms with Crippen molar-refractivity contribution in [1.29, 1.82) is 0 Å². The third-order valence-corrected chi connectivity index (χ3v) is 3.84. The summed E-state index contributed by atoms with van der Waals surface area (Å²) < 4.78 is 13.8. The van der Waals surface area contributed by atoms with Gasteiger partial charge in [0, 0.05) is 20.1 Å². The van der Waals surface area contributed by atoms with E-state index in [0.717, 1.165) is 16.0 Å². The Bertz CT molecular complexity index is 673. The topological polar surface area (TPSA) is 52.8 Å². The molecule has 0 N–H and O–H groups in total. The highest BCUT2D eigenvalue weighted by atomic mass is 32.1. The molecule has 0 saturated carbocycles. The molecule has 20 heavy (non-hydrogen) atoms. The summed E-state index contributed by atoms with van der Waals surface area (Å²) in [5.41, 5.74) is 0.958. The van der Waals surface area contributed by atoms with Crippen molar-refractivity contribution in [1.82, 2.24) is 4.57 Å². The Balaban J connectivity index is 2.60. The third kappa shape index (κ3) is 3.08. The lowest BCUT2D eigenvalue weighted by Crippen LogP contribution is -2.19. The van der Waals surface area contributed by atoms with E-state index in [1.807, 2.05) is 29.7 Å². The smallest absolute Gasteiger partial charge is 0.245 e. The van der Waals surface area contributed by atoms with Gasteiger partial charge in [0.25, 0.3) is 0 Å². The Hall–Kier alpha value is -1.66. The molecule has 0 aliphatic heterocycles. The number of ether oxygens (including phenoxy) is 2. The molecule has 1 aromatic heterocycles. The molecule has 1 amide bonds. The SMILES string of the molecule is CCOCCn1c(=NC(C)=O)sc2cccc(OC)c21. The first-order chi connectivity index (χ1) is 9.67. The van der Waals surface area contributed by atoms with Gasteiger partial charge in [0.05, 0.1) is 18.4 Å². The van der Waals surface area contributed by atoms with E-state index in [1.54, 1.807) is 7.11 Å². The van der Waals surface area contributed by atoms with E-state index in [0.29, 0.717) is 24.6 Å². The van der Waals surface area contributed by atoms with Gasteiger partial charge < -0.3 is 14.0 Å². The van der Waals surface area contributed by atoms with Gasteiger partial charge in [-0.15, -0.1) is 0 Å². The quantitative estimate of drug-likeness (QED) is 0.794. The average Bonchev–Trinajstić information content (AvgIpc) is 2.76. The molecule has 2 aromatic rings. The molecule has 0 radical (unpaired) electrons. The first-order valence-corrected chi connectivity index (χ1v) is 7.28. The molecule has 1 heterocycles. The number of para-hydroxylation sites is 1. The maximum atomic E-state index is 11.3. The lowest BCUT2D eigenvalue weighted by molar-refractivity contribution is -0.116. The number of carbonyl (C=O) groups is 1. The highest BCUT2D eigenvalue weighted by molar-refractivity contribution is 7.16. The summed E-state index contributed by atoms with van der Waals surface area (Å²) in [6, 6.07) is 5.84. The number of methoxy groups -OCH3 is 1. The fourth-order valence-electron chi connectivity index (χ4n) is 1.99. The lowest BCUT2D eigenvalue weighted by atomic mass is 10.3. The molecule has 5 nitrogen and oxygen atoms in total. The van der Waals surface area contributed by atoms with Crippen LogP contribution in [0.3, 0.4) is 0 Å². The summed E-state index contributed by atoms with van der Waals surface area (Å²) in [5.74, 6) is 0.570. The van der Waals surface area contributed by atoms with Crippen molar-refractivity contribution in [3.8, 4) is 5.75 Å². The summed E-state index contributed by atoms with van der Waals surface area (Å²) in [6.07, 6.45) is 0. The molecular weight excluding hydrogens is 276 g/mol. The summed E-state index contributed by atoms with van der Waals surface area (Å²) in [4.78, 5) is 16.1. The summed E-state index contributed by atoms with van der Waals surface area (Å²) in [7, 11) is 1.64. The van der Waals surface area contributed by atoms with Crippen LogP contribution in [0, 0.1) is 0 Å². The largest absolute Gasteiger partial charge is 0.495 e. The van der Waals surface area contributed by atoms with Crippen molar-refractivity contribution in [3.63, 3.8) is 0 Å².